The minimum Gasteiger partial charge on any atom is -0.383 e. The van der Waals surface area contributed by atoms with Gasteiger partial charge in [0.1, 0.15) is 11.5 Å². The van der Waals surface area contributed by atoms with E-state index >= 15 is 0 Å². The molecule has 0 aliphatic heterocycles. The normalized spacial score (nSPS) is 10.1. The van der Waals surface area contributed by atoms with Gasteiger partial charge >= 0.3 is 0 Å². The lowest BCUT2D eigenvalue weighted by molar-refractivity contribution is 0.977. The lowest BCUT2D eigenvalue weighted by Crippen LogP contribution is -2.21. The Morgan fingerprint density at radius 1 is 1.33 bits per heavy atom. The summed E-state index contributed by atoms with van der Waals surface area (Å²) in [4.78, 5) is 16.3. The van der Waals surface area contributed by atoms with Gasteiger partial charge in [-0.1, -0.05) is 26.8 Å². The van der Waals surface area contributed by atoms with Crippen LogP contribution in [0.15, 0.2) is 17.1 Å². The Kier molecular flexibility index (Phi) is 4.48. The molecule has 4 heteroatoms. The van der Waals surface area contributed by atoms with Crippen LogP contribution in [0.3, 0.4) is 0 Å². The summed E-state index contributed by atoms with van der Waals surface area (Å²) in [5.41, 5.74) is 8.91. The molecule has 2 aromatic heterocycles. The van der Waals surface area contributed by atoms with E-state index in [0.29, 0.717) is 17.0 Å². The molecule has 0 saturated carbocycles. The van der Waals surface area contributed by atoms with Crippen molar-refractivity contribution in [3.05, 3.63) is 39.3 Å². The molecule has 2 rings (SSSR count). The van der Waals surface area contributed by atoms with E-state index in [0.717, 1.165) is 17.5 Å². The zero-order valence-corrected chi connectivity index (χ0v) is 11.7. The highest BCUT2D eigenvalue weighted by molar-refractivity contribution is 5.54. The molecule has 4 nitrogen and oxygen atoms in total. The molecule has 0 fully saturated rings. The van der Waals surface area contributed by atoms with Gasteiger partial charge in [0.2, 0.25) is 0 Å². The van der Waals surface area contributed by atoms with Gasteiger partial charge in [-0.15, -0.1) is 0 Å². The highest BCUT2D eigenvalue weighted by Crippen LogP contribution is 2.13. The third kappa shape index (κ3) is 2.37. The van der Waals surface area contributed by atoms with Crippen LogP contribution in [0.2, 0.25) is 0 Å². The van der Waals surface area contributed by atoms with Gasteiger partial charge in [-0.3, -0.25) is 9.20 Å². The SMILES string of the molecule is CC.CCc1cc(C)cn2c(=O)c(C)c(N)nc12. The van der Waals surface area contributed by atoms with Crippen molar-refractivity contribution < 1.29 is 0 Å². The number of aryl methyl sites for hydroxylation is 2. The van der Waals surface area contributed by atoms with E-state index < -0.39 is 0 Å². The number of nitrogen functional groups attached to an aromatic ring is 1. The van der Waals surface area contributed by atoms with Crippen molar-refractivity contribution in [3.63, 3.8) is 0 Å². The van der Waals surface area contributed by atoms with Crippen LogP contribution in [0.4, 0.5) is 5.82 Å². The number of anilines is 1. The number of rotatable bonds is 1. The summed E-state index contributed by atoms with van der Waals surface area (Å²) in [7, 11) is 0. The van der Waals surface area contributed by atoms with Gasteiger partial charge in [0.15, 0.2) is 0 Å². The highest BCUT2D eigenvalue weighted by Gasteiger charge is 2.09. The van der Waals surface area contributed by atoms with E-state index in [-0.39, 0.29) is 5.56 Å². The average molecular weight is 247 g/mol. The first-order chi connectivity index (χ1) is 8.54. The maximum atomic E-state index is 12.0. The van der Waals surface area contributed by atoms with Crippen molar-refractivity contribution >= 4 is 11.5 Å². The summed E-state index contributed by atoms with van der Waals surface area (Å²) in [6, 6.07) is 2.04. The second-order valence-electron chi connectivity index (χ2n) is 4.02. The topological polar surface area (TPSA) is 60.4 Å². The maximum absolute atomic E-state index is 12.0. The van der Waals surface area contributed by atoms with Crippen molar-refractivity contribution in [2.75, 3.05) is 5.73 Å². The molecule has 18 heavy (non-hydrogen) atoms. The number of aromatic nitrogens is 2. The molecule has 0 atom stereocenters. The molecule has 98 valence electrons. The van der Waals surface area contributed by atoms with E-state index in [1.54, 1.807) is 17.5 Å². The van der Waals surface area contributed by atoms with Crippen molar-refractivity contribution in [3.8, 4) is 0 Å². The second-order valence-corrected chi connectivity index (χ2v) is 4.02. The lowest BCUT2D eigenvalue weighted by atomic mass is 10.1. The molecule has 2 N–H and O–H groups in total. The number of hydrogen-bond donors (Lipinski definition) is 1. The van der Waals surface area contributed by atoms with Crippen LogP contribution in [0.5, 0.6) is 0 Å². The van der Waals surface area contributed by atoms with E-state index in [2.05, 4.69) is 4.98 Å². The average Bonchev–Trinajstić information content (AvgIpc) is 2.39. The molecule has 2 aromatic rings. The number of nitrogens with two attached hydrogens (primary N) is 1. The van der Waals surface area contributed by atoms with Crippen LogP contribution in [0.25, 0.3) is 5.65 Å². The van der Waals surface area contributed by atoms with Crippen LogP contribution >= 0.6 is 0 Å². The van der Waals surface area contributed by atoms with Crippen LogP contribution in [-0.4, -0.2) is 9.38 Å². The first-order valence-electron chi connectivity index (χ1n) is 6.32. The van der Waals surface area contributed by atoms with Crippen LogP contribution < -0.4 is 11.3 Å². The van der Waals surface area contributed by atoms with Crippen LogP contribution in [0.1, 0.15) is 37.5 Å². The summed E-state index contributed by atoms with van der Waals surface area (Å²) in [5, 5.41) is 0. The molecule has 0 bridgehead atoms. The second kappa shape index (κ2) is 5.67. The van der Waals surface area contributed by atoms with Crippen molar-refractivity contribution in [1.29, 1.82) is 0 Å². The molecule has 0 aliphatic carbocycles. The number of hydrogen-bond acceptors (Lipinski definition) is 3. The summed E-state index contributed by atoms with van der Waals surface area (Å²) >= 11 is 0. The molecule has 0 aromatic carbocycles. The zero-order chi connectivity index (χ0) is 13.9. The van der Waals surface area contributed by atoms with Crippen molar-refractivity contribution in [2.24, 2.45) is 0 Å². The Morgan fingerprint density at radius 3 is 2.50 bits per heavy atom. The summed E-state index contributed by atoms with van der Waals surface area (Å²) in [5.74, 6) is 0.323. The molecule has 0 unspecified atom stereocenters. The van der Waals surface area contributed by atoms with Crippen LogP contribution in [-0.2, 0) is 6.42 Å². The van der Waals surface area contributed by atoms with Gasteiger partial charge in [-0.05, 0) is 31.4 Å². The first kappa shape index (κ1) is 14.2. The van der Waals surface area contributed by atoms with Crippen molar-refractivity contribution in [2.45, 2.75) is 41.0 Å². The zero-order valence-electron chi connectivity index (χ0n) is 11.7. The molecular formula is C14H21N3O. The third-order valence-electron chi connectivity index (χ3n) is 2.78. The monoisotopic (exact) mass is 247 g/mol. The molecule has 0 aliphatic rings. The van der Waals surface area contributed by atoms with Gasteiger partial charge in [-0.2, -0.15) is 0 Å². The molecule has 0 amide bonds. The maximum Gasteiger partial charge on any atom is 0.262 e. The van der Waals surface area contributed by atoms with Crippen molar-refractivity contribution in [1.82, 2.24) is 9.38 Å². The Balaban J connectivity index is 0.000000771. The third-order valence-corrected chi connectivity index (χ3v) is 2.78. The molecule has 2 heterocycles. The standard InChI is InChI=1S/C12H15N3O.C2H6/c1-4-9-5-7(2)6-15-11(9)14-10(13)8(3)12(15)16;1-2/h5-6H,4,13H2,1-3H3;1-2H3. The summed E-state index contributed by atoms with van der Waals surface area (Å²) < 4.78 is 1.58. The van der Waals surface area contributed by atoms with Gasteiger partial charge in [-0.25, -0.2) is 4.98 Å². The number of fused-ring (bicyclic) bond motifs is 1. The van der Waals surface area contributed by atoms with E-state index in [1.165, 1.54) is 0 Å². The van der Waals surface area contributed by atoms with Gasteiger partial charge in [0.05, 0.1) is 5.56 Å². The van der Waals surface area contributed by atoms with Gasteiger partial charge < -0.3 is 5.73 Å². The summed E-state index contributed by atoms with van der Waals surface area (Å²) in [6.45, 7) is 9.71. The minimum absolute atomic E-state index is 0.0825. The number of pyridine rings is 1. The fourth-order valence-corrected chi connectivity index (χ4v) is 1.82. The van der Waals surface area contributed by atoms with Gasteiger partial charge in [0.25, 0.3) is 5.56 Å². The van der Waals surface area contributed by atoms with E-state index in [9.17, 15) is 4.79 Å². The predicted molar refractivity (Wildman–Crippen MR) is 76.1 cm³/mol. The smallest absolute Gasteiger partial charge is 0.262 e. The van der Waals surface area contributed by atoms with Gasteiger partial charge in [0, 0.05) is 6.20 Å². The highest BCUT2D eigenvalue weighted by atomic mass is 16.1. The van der Waals surface area contributed by atoms with Crippen LogP contribution in [0, 0.1) is 13.8 Å². The summed E-state index contributed by atoms with van der Waals surface area (Å²) in [6.07, 6.45) is 2.64. The molecule has 0 spiro atoms. The fraction of sp³-hybridized carbons (Fsp3) is 0.429. The lowest BCUT2D eigenvalue weighted by Gasteiger charge is -2.09. The Morgan fingerprint density at radius 2 is 1.94 bits per heavy atom. The first-order valence-corrected chi connectivity index (χ1v) is 6.32. The van der Waals surface area contributed by atoms with E-state index in [4.69, 9.17) is 5.73 Å². The Hall–Kier alpha value is -1.84. The molecule has 0 saturated heterocycles. The fourth-order valence-electron chi connectivity index (χ4n) is 1.82. The number of nitrogens with zero attached hydrogens (tertiary/aromatic N) is 2. The minimum atomic E-state index is -0.0825. The molecular weight excluding hydrogens is 226 g/mol. The molecule has 0 radical (unpaired) electrons. The quantitative estimate of drug-likeness (QED) is 0.842. The Labute approximate surface area is 107 Å². The van der Waals surface area contributed by atoms with E-state index in [1.807, 2.05) is 33.8 Å². The largest absolute Gasteiger partial charge is 0.383 e. The Bertz CT molecular complexity index is 614. The predicted octanol–water partition coefficient (Wildman–Crippen LogP) is 2.48.